The molecule has 1 heterocycles. The molecule has 6 atom stereocenters. The highest BCUT2D eigenvalue weighted by Crippen LogP contribution is 2.22. The van der Waals surface area contributed by atoms with Crippen LogP contribution in [0, 0.1) is 0 Å². The molecule has 9 nitrogen and oxygen atoms in total. The summed E-state index contributed by atoms with van der Waals surface area (Å²) in [5, 5.41) is 39.7. The lowest BCUT2D eigenvalue weighted by atomic mass is 9.99. The Morgan fingerprint density at radius 3 is 2.07 bits per heavy atom. The number of aliphatic hydroxyl groups excluding tert-OH is 4. The Bertz CT molecular complexity index is 643. The molecule has 41 heavy (non-hydrogen) atoms. The Labute approximate surface area is 248 Å². The van der Waals surface area contributed by atoms with Gasteiger partial charge in [-0.1, -0.05) is 96.6 Å². The van der Waals surface area contributed by atoms with Crippen LogP contribution in [0.3, 0.4) is 0 Å². The normalized spacial score (nSPS) is 23.7. The van der Waals surface area contributed by atoms with E-state index < -0.39 is 43.4 Å². The van der Waals surface area contributed by atoms with Gasteiger partial charge < -0.3 is 39.4 Å². The molecule has 0 aromatic heterocycles. The molecule has 0 saturated carbocycles. The van der Waals surface area contributed by atoms with E-state index in [0.29, 0.717) is 13.0 Å². The van der Waals surface area contributed by atoms with Crippen molar-refractivity contribution in [2.45, 2.75) is 160 Å². The van der Waals surface area contributed by atoms with Crippen molar-refractivity contribution >= 4 is 5.97 Å². The molecule has 1 aliphatic rings. The summed E-state index contributed by atoms with van der Waals surface area (Å²) in [7, 11) is 0. The summed E-state index contributed by atoms with van der Waals surface area (Å²) in [5.41, 5.74) is 0. The van der Waals surface area contributed by atoms with Crippen molar-refractivity contribution in [3.05, 3.63) is 12.2 Å². The van der Waals surface area contributed by atoms with Gasteiger partial charge in [-0.2, -0.15) is 0 Å². The summed E-state index contributed by atoms with van der Waals surface area (Å²) in [6.45, 7) is 4.43. The highest BCUT2D eigenvalue weighted by atomic mass is 16.7. The molecule has 0 aromatic rings. The zero-order valence-electron chi connectivity index (χ0n) is 25.8. The van der Waals surface area contributed by atoms with Crippen molar-refractivity contribution < 1.29 is 44.2 Å². The van der Waals surface area contributed by atoms with E-state index >= 15 is 0 Å². The Hall–Kier alpha value is -1.07. The molecule has 0 aromatic carbocycles. The lowest BCUT2D eigenvalue weighted by molar-refractivity contribution is -0.305. The lowest BCUT2D eigenvalue weighted by Crippen LogP contribution is -2.59. The first-order valence-electron chi connectivity index (χ1n) is 16.3. The summed E-state index contributed by atoms with van der Waals surface area (Å²) in [5.74, 6) is -0.328. The summed E-state index contributed by atoms with van der Waals surface area (Å²) in [6, 6.07) is 0. The van der Waals surface area contributed by atoms with Gasteiger partial charge >= 0.3 is 5.97 Å². The number of carbonyl (C=O) groups excluding carboxylic acids is 1. The van der Waals surface area contributed by atoms with Crippen LogP contribution in [0.25, 0.3) is 0 Å². The number of allylic oxidation sites excluding steroid dienone is 2. The third-order valence-electron chi connectivity index (χ3n) is 7.41. The highest BCUT2D eigenvalue weighted by Gasteiger charge is 2.44. The fraction of sp³-hybridized carbons (Fsp3) is 0.906. The quantitative estimate of drug-likeness (QED) is 0.0628. The van der Waals surface area contributed by atoms with Crippen LogP contribution in [-0.2, 0) is 23.7 Å². The van der Waals surface area contributed by atoms with Crippen LogP contribution in [0.5, 0.6) is 0 Å². The smallest absolute Gasteiger partial charge is 0.306 e. The van der Waals surface area contributed by atoms with Crippen molar-refractivity contribution in [1.82, 2.24) is 0 Å². The molecule has 0 aliphatic carbocycles. The van der Waals surface area contributed by atoms with Crippen molar-refractivity contribution in [2.24, 2.45) is 0 Å². The number of rotatable bonds is 26. The zero-order chi connectivity index (χ0) is 30.1. The molecule has 0 bridgehead atoms. The fourth-order valence-corrected chi connectivity index (χ4v) is 4.79. The molecule has 1 saturated heterocycles. The molecule has 1 aliphatic heterocycles. The molecular weight excluding hydrogens is 528 g/mol. The van der Waals surface area contributed by atoms with Gasteiger partial charge in [-0.15, -0.1) is 0 Å². The molecule has 0 spiro atoms. The van der Waals surface area contributed by atoms with Gasteiger partial charge in [0, 0.05) is 13.0 Å². The largest absolute Gasteiger partial charge is 0.457 e. The highest BCUT2D eigenvalue weighted by molar-refractivity contribution is 5.69. The van der Waals surface area contributed by atoms with Crippen LogP contribution in [0.15, 0.2) is 12.2 Å². The fourth-order valence-electron chi connectivity index (χ4n) is 4.79. The molecule has 1 fully saturated rings. The maximum Gasteiger partial charge on any atom is 0.306 e. The van der Waals surface area contributed by atoms with Crippen molar-refractivity contribution in [3.8, 4) is 0 Å². The number of carbonyl (C=O) groups is 1. The van der Waals surface area contributed by atoms with E-state index in [1.165, 1.54) is 44.9 Å². The first kappa shape index (κ1) is 38.0. The van der Waals surface area contributed by atoms with Gasteiger partial charge in [0.05, 0.1) is 19.8 Å². The van der Waals surface area contributed by atoms with Gasteiger partial charge in [0.2, 0.25) is 0 Å². The van der Waals surface area contributed by atoms with E-state index in [4.69, 9.17) is 18.9 Å². The Balaban J connectivity index is 2.41. The third-order valence-corrected chi connectivity index (χ3v) is 7.41. The van der Waals surface area contributed by atoms with E-state index in [1.54, 1.807) is 0 Å². The second kappa shape index (κ2) is 25.4. The SMILES string of the molecule is CCC/C=C\CCCCCCCC(=O)OC(COCCCCCCCCCC)COC1OC(CO)C(O)C(O)C1O. The molecule has 6 unspecified atom stereocenters. The summed E-state index contributed by atoms with van der Waals surface area (Å²) in [4.78, 5) is 12.6. The van der Waals surface area contributed by atoms with Crippen LogP contribution in [0.4, 0.5) is 0 Å². The average Bonchev–Trinajstić information content (AvgIpc) is 2.97. The van der Waals surface area contributed by atoms with Gasteiger partial charge in [0.25, 0.3) is 0 Å². The number of aliphatic hydroxyl groups is 4. The molecule has 0 amide bonds. The number of hydrogen-bond donors (Lipinski definition) is 4. The monoisotopic (exact) mass is 588 g/mol. The molecule has 0 radical (unpaired) electrons. The minimum Gasteiger partial charge on any atom is -0.457 e. The van der Waals surface area contributed by atoms with Gasteiger partial charge in [0.1, 0.15) is 30.5 Å². The molecule has 4 N–H and O–H groups in total. The van der Waals surface area contributed by atoms with E-state index in [-0.39, 0.29) is 19.2 Å². The molecule has 1 rings (SSSR count). The first-order valence-corrected chi connectivity index (χ1v) is 16.3. The second-order valence-electron chi connectivity index (χ2n) is 11.3. The van der Waals surface area contributed by atoms with Gasteiger partial charge in [-0.25, -0.2) is 0 Å². The van der Waals surface area contributed by atoms with E-state index in [0.717, 1.165) is 57.8 Å². The predicted octanol–water partition coefficient (Wildman–Crippen LogP) is 4.96. The summed E-state index contributed by atoms with van der Waals surface area (Å²) < 4.78 is 22.5. The van der Waals surface area contributed by atoms with Crippen LogP contribution >= 0.6 is 0 Å². The topological polar surface area (TPSA) is 135 Å². The van der Waals surface area contributed by atoms with Gasteiger partial charge in [0.15, 0.2) is 6.29 Å². The minimum absolute atomic E-state index is 0.114. The summed E-state index contributed by atoms with van der Waals surface area (Å²) >= 11 is 0. The van der Waals surface area contributed by atoms with Crippen LogP contribution < -0.4 is 0 Å². The number of esters is 1. The predicted molar refractivity (Wildman–Crippen MR) is 159 cm³/mol. The average molecular weight is 589 g/mol. The molecule has 242 valence electrons. The van der Waals surface area contributed by atoms with Gasteiger partial charge in [-0.3, -0.25) is 4.79 Å². The van der Waals surface area contributed by atoms with E-state index in [9.17, 15) is 25.2 Å². The third kappa shape index (κ3) is 18.3. The molecular formula is C32H60O9. The standard InChI is InChI=1S/C32H60O9/c1-3-5-7-9-11-13-14-15-17-19-21-28(34)40-26(24-38-22-20-18-16-12-10-8-6-4-2)25-39-32-31(37)30(36)29(35)27(23-33)41-32/h7,9,26-27,29-33,35-37H,3-6,8,10-25H2,1-2H3/b9-7-. The summed E-state index contributed by atoms with van der Waals surface area (Å²) in [6.07, 6.45) is 15.3. The maximum absolute atomic E-state index is 12.6. The van der Waals surface area contributed by atoms with Crippen molar-refractivity contribution in [1.29, 1.82) is 0 Å². The van der Waals surface area contributed by atoms with E-state index in [1.807, 2.05) is 0 Å². The van der Waals surface area contributed by atoms with Crippen LogP contribution in [-0.4, -0.2) is 89.6 Å². The van der Waals surface area contributed by atoms with E-state index in [2.05, 4.69) is 26.0 Å². The number of unbranched alkanes of at least 4 members (excludes halogenated alkanes) is 13. The van der Waals surface area contributed by atoms with Gasteiger partial charge in [-0.05, 0) is 32.1 Å². The Kier molecular flexibility index (Phi) is 23.5. The van der Waals surface area contributed by atoms with Crippen LogP contribution in [0.2, 0.25) is 0 Å². The Morgan fingerprint density at radius 1 is 0.756 bits per heavy atom. The second-order valence-corrected chi connectivity index (χ2v) is 11.3. The van der Waals surface area contributed by atoms with Crippen molar-refractivity contribution in [2.75, 3.05) is 26.4 Å². The number of ether oxygens (including phenoxy) is 4. The zero-order valence-corrected chi connectivity index (χ0v) is 25.8. The van der Waals surface area contributed by atoms with Crippen LogP contribution in [0.1, 0.15) is 123 Å². The Morgan fingerprint density at radius 2 is 1.39 bits per heavy atom. The first-order chi connectivity index (χ1) is 19.9. The maximum atomic E-state index is 12.6. The number of hydrogen-bond acceptors (Lipinski definition) is 9. The lowest BCUT2D eigenvalue weighted by Gasteiger charge is -2.39. The minimum atomic E-state index is -1.53. The van der Waals surface area contributed by atoms with Crippen molar-refractivity contribution in [3.63, 3.8) is 0 Å². The molecule has 9 heteroatoms.